The summed E-state index contributed by atoms with van der Waals surface area (Å²) in [5.41, 5.74) is 8.33. The van der Waals surface area contributed by atoms with E-state index in [1.807, 2.05) is 31.2 Å². The van der Waals surface area contributed by atoms with Crippen molar-refractivity contribution in [3.05, 3.63) is 46.1 Å². The van der Waals surface area contributed by atoms with Crippen molar-refractivity contribution in [2.24, 2.45) is 0 Å². The molecule has 2 N–H and O–H groups in total. The normalized spacial score (nSPS) is 11.0. The standard InChI is InChI=1S/C16H17N3OS/c1-9-6-4-5-7-12(9)20-8-13-18-15(17)14-10(2)11(3)21-16(14)19-13/h4-7H,8H2,1-3H3,(H2,17,18,19). The molecule has 4 nitrogen and oxygen atoms in total. The minimum absolute atomic E-state index is 0.320. The summed E-state index contributed by atoms with van der Waals surface area (Å²) in [6, 6.07) is 7.89. The molecule has 2 heterocycles. The topological polar surface area (TPSA) is 61.0 Å². The SMILES string of the molecule is Cc1ccccc1OCc1nc(N)c2c(C)c(C)sc2n1. The summed E-state index contributed by atoms with van der Waals surface area (Å²) in [7, 11) is 0. The third-order valence-corrected chi connectivity index (χ3v) is 4.65. The van der Waals surface area contributed by atoms with Gasteiger partial charge in [0.25, 0.3) is 0 Å². The number of nitrogens with zero attached hydrogens (tertiary/aromatic N) is 2. The Morgan fingerprint density at radius 1 is 1.14 bits per heavy atom. The number of benzene rings is 1. The van der Waals surface area contributed by atoms with E-state index in [4.69, 9.17) is 10.5 Å². The first-order chi connectivity index (χ1) is 10.1. The number of hydrogen-bond acceptors (Lipinski definition) is 5. The Hall–Kier alpha value is -2.14. The van der Waals surface area contributed by atoms with E-state index in [0.29, 0.717) is 18.2 Å². The number of anilines is 1. The lowest BCUT2D eigenvalue weighted by Crippen LogP contribution is -2.05. The summed E-state index contributed by atoms with van der Waals surface area (Å²) < 4.78 is 5.79. The molecule has 0 amide bonds. The van der Waals surface area contributed by atoms with Gasteiger partial charge in [0, 0.05) is 4.88 Å². The number of nitrogen functional groups attached to an aromatic ring is 1. The van der Waals surface area contributed by atoms with Gasteiger partial charge < -0.3 is 10.5 Å². The summed E-state index contributed by atoms with van der Waals surface area (Å²) in [5, 5.41) is 0.970. The van der Waals surface area contributed by atoms with Crippen molar-refractivity contribution in [2.45, 2.75) is 27.4 Å². The Bertz CT molecular complexity index is 811. The number of aryl methyl sites for hydroxylation is 3. The summed E-state index contributed by atoms with van der Waals surface area (Å²) in [4.78, 5) is 11.1. The van der Waals surface area contributed by atoms with Crippen LogP contribution in [0.5, 0.6) is 5.75 Å². The molecule has 2 aromatic heterocycles. The van der Waals surface area contributed by atoms with Gasteiger partial charge in [-0.1, -0.05) is 18.2 Å². The van der Waals surface area contributed by atoms with Crippen molar-refractivity contribution in [3.63, 3.8) is 0 Å². The Balaban J connectivity index is 1.90. The second-order valence-electron chi connectivity index (χ2n) is 5.04. The predicted molar refractivity (Wildman–Crippen MR) is 86.8 cm³/mol. The molecule has 0 fully saturated rings. The molecule has 0 radical (unpaired) electrons. The molecule has 0 unspecified atom stereocenters. The van der Waals surface area contributed by atoms with E-state index in [1.54, 1.807) is 11.3 Å². The first-order valence-electron chi connectivity index (χ1n) is 6.77. The van der Waals surface area contributed by atoms with Crippen LogP contribution in [0.3, 0.4) is 0 Å². The molecule has 3 rings (SSSR count). The van der Waals surface area contributed by atoms with E-state index in [-0.39, 0.29) is 0 Å². The second kappa shape index (κ2) is 5.33. The van der Waals surface area contributed by atoms with Crippen LogP contribution in [0, 0.1) is 20.8 Å². The van der Waals surface area contributed by atoms with Crippen LogP contribution in [0.4, 0.5) is 5.82 Å². The zero-order chi connectivity index (χ0) is 15.0. The van der Waals surface area contributed by atoms with E-state index >= 15 is 0 Å². The summed E-state index contributed by atoms with van der Waals surface area (Å²) in [6.45, 7) is 6.46. The Kier molecular flexibility index (Phi) is 3.51. The molecule has 0 saturated carbocycles. The maximum Gasteiger partial charge on any atom is 0.169 e. The molecule has 0 atom stereocenters. The fourth-order valence-electron chi connectivity index (χ4n) is 2.25. The number of thiophene rings is 1. The van der Waals surface area contributed by atoms with Crippen LogP contribution in [0.2, 0.25) is 0 Å². The third kappa shape index (κ3) is 2.56. The largest absolute Gasteiger partial charge is 0.485 e. The highest BCUT2D eigenvalue weighted by atomic mass is 32.1. The van der Waals surface area contributed by atoms with Crippen LogP contribution >= 0.6 is 11.3 Å². The smallest absolute Gasteiger partial charge is 0.169 e. The van der Waals surface area contributed by atoms with E-state index in [0.717, 1.165) is 21.5 Å². The molecule has 0 aliphatic rings. The number of nitrogens with two attached hydrogens (primary N) is 1. The molecule has 0 spiro atoms. The van der Waals surface area contributed by atoms with Gasteiger partial charge >= 0.3 is 0 Å². The van der Waals surface area contributed by atoms with E-state index in [1.165, 1.54) is 10.4 Å². The lowest BCUT2D eigenvalue weighted by molar-refractivity contribution is 0.294. The fourth-order valence-corrected chi connectivity index (χ4v) is 3.31. The summed E-state index contributed by atoms with van der Waals surface area (Å²) in [5.74, 6) is 1.99. The maximum atomic E-state index is 6.07. The fraction of sp³-hybridized carbons (Fsp3) is 0.250. The molecule has 1 aromatic carbocycles. The highest BCUT2D eigenvalue weighted by molar-refractivity contribution is 7.18. The van der Waals surface area contributed by atoms with Gasteiger partial charge in [0.15, 0.2) is 5.82 Å². The van der Waals surface area contributed by atoms with Gasteiger partial charge in [-0.3, -0.25) is 0 Å². The van der Waals surface area contributed by atoms with Crippen molar-refractivity contribution >= 4 is 27.4 Å². The average Bonchev–Trinajstić information content (AvgIpc) is 2.73. The number of hydrogen-bond donors (Lipinski definition) is 1. The number of para-hydroxylation sites is 1. The zero-order valence-electron chi connectivity index (χ0n) is 12.3. The number of rotatable bonds is 3. The van der Waals surface area contributed by atoms with Crippen molar-refractivity contribution in [3.8, 4) is 5.75 Å². The molecule has 3 aromatic rings. The van der Waals surface area contributed by atoms with Crippen LogP contribution in [0.1, 0.15) is 21.8 Å². The molecular weight excluding hydrogens is 282 g/mol. The zero-order valence-corrected chi connectivity index (χ0v) is 13.1. The van der Waals surface area contributed by atoms with Crippen LogP contribution in [-0.2, 0) is 6.61 Å². The van der Waals surface area contributed by atoms with Gasteiger partial charge in [0.05, 0.1) is 5.39 Å². The minimum atomic E-state index is 0.320. The van der Waals surface area contributed by atoms with E-state index in [2.05, 4.69) is 23.8 Å². The maximum absolute atomic E-state index is 6.07. The highest BCUT2D eigenvalue weighted by Crippen LogP contribution is 2.32. The Morgan fingerprint density at radius 2 is 1.90 bits per heavy atom. The molecule has 5 heteroatoms. The number of ether oxygens (including phenoxy) is 1. The van der Waals surface area contributed by atoms with Crippen LogP contribution < -0.4 is 10.5 Å². The molecule has 0 aliphatic carbocycles. The van der Waals surface area contributed by atoms with Gasteiger partial charge in [-0.05, 0) is 38.0 Å². The van der Waals surface area contributed by atoms with Gasteiger partial charge in [-0.15, -0.1) is 11.3 Å². The number of aromatic nitrogens is 2. The van der Waals surface area contributed by atoms with Crippen molar-refractivity contribution in [1.82, 2.24) is 9.97 Å². The van der Waals surface area contributed by atoms with Crippen LogP contribution in [0.15, 0.2) is 24.3 Å². The molecule has 0 aliphatic heterocycles. The van der Waals surface area contributed by atoms with Gasteiger partial charge in [0.1, 0.15) is 23.0 Å². The first-order valence-corrected chi connectivity index (χ1v) is 7.58. The van der Waals surface area contributed by atoms with Crippen LogP contribution in [0.25, 0.3) is 10.2 Å². The van der Waals surface area contributed by atoms with Crippen molar-refractivity contribution in [2.75, 3.05) is 5.73 Å². The predicted octanol–water partition coefficient (Wildman–Crippen LogP) is 3.78. The molecule has 0 bridgehead atoms. The van der Waals surface area contributed by atoms with Gasteiger partial charge in [0.2, 0.25) is 0 Å². The quantitative estimate of drug-likeness (QED) is 0.799. The molecule has 108 valence electrons. The summed E-state index contributed by atoms with van der Waals surface area (Å²) >= 11 is 1.65. The van der Waals surface area contributed by atoms with Gasteiger partial charge in [-0.25, -0.2) is 9.97 Å². The third-order valence-electron chi connectivity index (χ3n) is 3.55. The van der Waals surface area contributed by atoms with E-state index in [9.17, 15) is 0 Å². The first kappa shape index (κ1) is 13.8. The van der Waals surface area contributed by atoms with E-state index < -0.39 is 0 Å². The average molecular weight is 299 g/mol. The molecular formula is C16H17N3OS. The second-order valence-corrected chi connectivity index (χ2v) is 6.25. The molecule has 0 saturated heterocycles. The highest BCUT2D eigenvalue weighted by Gasteiger charge is 2.13. The van der Waals surface area contributed by atoms with Crippen molar-refractivity contribution < 1.29 is 4.74 Å². The lowest BCUT2D eigenvalue weighted by Gasteiger charge is -2.08. The lowest BCUT2D eigenvalue weighted by atomic mass is 10.2. The Labute approximate surface area is 127 Å². The summed E-state index contributed by atoms with van der Waals surface area (Å²) in [6.07, 6.45) is 0. The van der Waals surface area contributed by atoms with Crippen LogP contribution in [-0.4, -0.2) is 9.97 Å². The van der Waals surface area contributed by atoms with Gasteiger partial charge in [-0.2, -0.15) is 0 Å². The molecule has 21 heavy (non-hydrogen) atoms. The monoisotopic (exact) mass is 299 g/mol. The Morgan fingerprint density at radius 3 is 2.67 bits per heavy atom. The van der Waals surface area contributed by atoms with Crippen molar-refractivity contribution in [1.29, 1.82) is 0 Å². The minimum Gasteiger partial charge on any atom is -0.485 e. The number of fused-ring (bicyclic) bond motifs is 1.